The molecular formula is C17H17Cl2NO. The Morgan fingerprint density at radius 3 is 2.62 bits per heavy atom. The number of aryl methyl sites for hydroxylation is 1. The molecule has 110 valence electrons. The number of hydrogen-bond acceptors (Lipinski definition) is 2. The molecule has 0 saturated heterocycles. The molecular weight excluding hydrogens is 305 g/mol. The van der Waals surface area contributed by atoms with Gasteiger partial charge in [0.25, 0.3) is 0 Å². The number of pyridine rings is 1. The maximum absolute atomic E-state index is 6.01. The Kier molecular flexibility index (Phi) is 5.66. The van der Waals surface area contributed by atoms with Gasteiger partial charge in [0.1, 0.15) is 11.4 Å². The number of nitrogens with zero attached hydrogens (tertiary/aromatic N) is 1. The lowest BCUT2D eigenvalue weighted by Gasteiger charge is -2.08. The smallest absolute Gasteiger partial charge is 0.144 e. The van der Waals surface area contributed by atoms with Crippen LogP contribution in [0, 0.1) is 6.92 Å². The normalized spacial score (nSPS) is 11.0. The standard InChI is InChI=1S/C17H17Cl2NO/c1-3-10-21-17-9-4-12(2)20-16(17)8-6-13-5-7-14(18)15(19)11-13/h4-9,11H,3,10H2,1-2H3. The first-order valence-corrected chi connectivity index (χ1v) is 7.59. The van der Waals surface area contributed by atoms with Crippen LogP contribution in [0.5, 0.6) is 5.75 Å². The molecule has 0 unspecified atom stereocenters. The number of rotatable bonds is 5. The van der Waals surface area contributed by atoms with Crippen LogP contribution in [0.3, 0.4) is 0 Å². The first-order chi connectivity index (χ1) is 10.1. The number of benzene rings is 1. The van der Waals surface area contributed by atoms with Crippen LogP contribution in [0.4, 0.5) is 0 Å². The van der Waals surface area contributed by atoms with Crippen LogP contribution in [0.25, 0.3) is 12.2 Å². The van der Waals surface area contributed by atoms with E-state index in [9.17, 15) is 0 Å². The van der Waals surface area contributed by atoms with E-state index >= 15 is 0 Å². The van der Waals surface area contributed by atoms with Crippen LogP contribution in [-0.2, 0) is 0 Å². The van der Waals surface area contributed by atoms with Crippen LogP contribution in [0.2, 0.25) is 10.0 Å². The van der Waals surface area contributed by atoms with E-state index in [0.717, 1.165) is 29.1 Å². The molecule has 0 aliphatic rings. The third-order valence-electron chi connectivity index (χ3n) is 2.86. The van der Waals surface area contributed by atoms with Crippen LogP contribution in [0.15, 0.2) is 30.3 Å². The van der Waals surface area contributed by atoms with Crippen molar-refractivity contribution in [3.8, 4) is 5.75 Å². The summed E-state index contributed by atoms with van der Waals surface area (Å²) in [6.45, 7) is 4.71. The Morgan fingerprint density at radius 1 is 1.10 bits per heavy atom. The maximum atomic E-state index is 6.01. The molecule has 0 fully saturated rings. The van der Waals surface area contributed by atoms with E-state index in [2.05, 4.69) is 11.9 Å². The van der Waals surface area contributed by atoms with Gasteiger partial charge in [-0.3, -0.25) is 0 Å². The molecule has 1 heterocycles. The molecule has 0 atom stereocenters. The van der Waals surface area contributed by atoms with Gasteiger partial charge in [0, 0.05) is 5.69 Å². The minimum Gasteiger partial charge on any atom is -0.491 e. The second-order valence-electron chi connectivity index (χ2n) is 4.69. The van der Waals surface area contributed by atoms with Gasteiger partial charge in [0.15, 0.2) is 0 Å². The maximum Gasteiger partial charge on any atom is 0.144 e. The van der Waals surface area contributed by atoms with E-state index in [0.29, 0.717) is 16.7 Å². The minimum atomic E-state index is 0.540. The van der Waals surface area contributed by atoms with Crippen LogP contribution in [0.1, 0.15) is 30.3 Å². The zero-order valence-corrected chi connectivity index (χ0v) is 13.6. The fourth-order valence-electron chi connectivity index (χ4n) is 1.81. The minimum absolute atomic E-state index is 0.540. The number of halogens is 2. The molecule has 0 radical (unpaired) electrons. The Hall–Kier alpha value is -1.51. The molecule has 0 bridgehead atoms. The van der Waals surface area contributed by atoms with Gasteiger partial charge in [0.05, 0.1) is 16.7 Å². The van der Waals surface area contributed by atoms with Crippen LogP contribution >= 0.6 is 23.2 Å². The van der Waals surface area contributed by atoms with Crippen LogP contribution in [-0.4, -0.2) is 11.6 Å². The summed E-state index contributed by atoms with van der Waals surface area (Å²) < 4.78 is 5.71. The Balaban J connectivity index is 2.26. The summed E-state index contributed by atoms with van der Waals surface area (Å²) in [5.74, 6) is 0.791. The lowest BCUT2D eigenvalue weighted by atomic mass is 10.2. The van der Waals surface area contributed by atoms with Gasteiger partial charge in [-0.25, -0.2) is 4.98 Å². The van der Waals surface area contributed by atoms with Gasteiger partial charge in [-0.2, -0.15) is 0 Å². The van der Waals surface area contributed by atoms with Crippen molar-refractivity contribution in [3.05, 3.63) is 57.3 Å². The molecule has 2 nitrogen and oxygen atoms in total. The molecule has 0 spiro atoms. The first kappa shape index (κ1) is 15.9. The van der Waals surface area contributed by atoms with Crippen molar-refractivity contribution in [2.45, 2.75) is 20.3 Å². The highest BCUT2D eigenvalue weighted by Crippen LogP contribution is 2.24. The predicted octanol–water partition coefficient (Wildman–Crippen LogP) is 5.66. The predicted molar refractivity (Wildman–Crippen MR) is 90.2 cm³/mol. The van der Waals surface area contributed by atoms with Gasteiger partial charge in [0.2, 0.25) is 0 Å². The lowest BCUT2D eigenvalue weighted by Crippen LogP contribution is -1.99. The van der Waals surface area contributed by atoms with E-state index in [1.54, 1.807) is 6.07 Å². The van der Waals surface area contributed by atoms with Crippen molar-refractivity contribution in [2.24, 2.45) is 0 Å². The fourth-order valence-corrected chi connectivity index (χ4v) is 2.12. The Bertz CT molecular complexity index is 653. The fraction of sp³-hybridized carbons (Fsp3) is 0.235. The number of aromatic nitrogens is 1. The topological polar surface area (TPSA) is 22.1 Å². The summed E-state index contributed by atoms with van der Waals surface area (Å²) in [4.78, 5) is 4.51. The SMILES string of the molecule is CCCOc1ccc(C)nc1C=Cc1ccc(Cl)c(Cl)c1. The van der Waals surface area contributed by atoms with Crippen molar-refractivity contribution in [1.82, 2.24) is 4.98 Å². The summed E-state index contributed by atoms with van der Waals surface area (Å²) in [5, 5.41) is 1.09. The molecule has 0 saturated carbocycles. The van der Waals surface area contributed by atoms with E-state index in [1.807, 2.05) is 43.3 Å². The third-order valence-corrected chi connectivity index (χ3v) is 3.60. The molecule has 1 aromatic carbocycles. The van der Waals surface area contributed by atoms with Crippen molar-refractivity contribution < 1.29 is 4.74 Å². The molecule has 2 aromatic rings. The molecule has 21 heavy (non-hydrogen) atoms. The molecule has 4 heteroatoms. The van der Waals surface area contributed by atoms with E-state index in [-0.39, 0.29) is 0 Å². The summed E-state index contributed by atoms with van der Waals surface area (Å²) in [5.41, 5.74) is 2.73. The van der Waals surface area contributed by atoms with E-state index in [1.165, 1.54) is 0 Å². The summed E-state index contributed by atoms with van der Waals surface area (Å²) >= 11 is 11.9. The zero-order chi connectivity index (χ0) is 15.2. The van der Waals surface area contributed by atoms with Crippen molar-refractivity contribution in [1.29, 1.82) is 0 Å². The molecule has 1 aromatic heterocycles. The van der Waals surface area contributed by atoms with Crippen molar-refractivity contribution in [3.63, 3.8) is 0 Å². The molecule has 0 amide bonds. The highest BCUT2D eigenvalue weighted by atomic mass is 35.5. The monoisotopic (exact) mass is 321 g/mol. The average molecular weight is 322 g/mol. The summed E-state index contributed by atoms with van der Waals surface area (Å²) in [6.07, 6.45) is 4.84. The van der Waals surface area contributed by atoms with E-state index in [4.69, 9.17) is 27.9 Å². The number of hydrogen-bond donors (Lipinski definition) is 0. The average Bonchev–Trinajstić information content (AvgIpc) is 2.47. The summed E-state index contributed by atoms with van der Waals surface area (Å²) in [7, 11) is 0. The number of ether oxygens (including phenoxy) is 1. The Morgan fingerprint density at radius 2 is 1.90 bits per heavy atom. The largest absolute Gasteiger partial charge is 0.491 e. The lowest BCUT2D eigenvalue weighted by molar-refractivity contribution is 0.315. The second kappa shape index (κ2) is 7.48. The highest BCUT2D eigenvalue weighted by Gasteiger charge is 2.03. The van der Waals surface area contributed by atoms with Crippen molar-refractivity contribution >= 4 is 35.4 Å². The first-order valence-electron chi connectivity index (χ1n) is 6.83. The Labute approximate surface area is 135 Å². The quantitative estimate of drug-likeness (QED) is 0.709. The molecule has 0 N–H and O–H groups in total. The molecule has 0 aliphatic heterocycles. The third kappa shape index (κ3) is 4.48. The van der Waals surface area contributed by atoms with Gasteiger partial charge in [-0.1, -0.05) is 42.3 Å². The van der Waals surface area contributed by atoms with E-state index < -0.39 is 0 Å². The molecule has 0 aliphatic carbocycles. The van der Waals surface area contributed by atoms with Gasteiger partial charge in [-0.05, 0) is 49.2 Å². The van der Waals surface area contributed by atoms with Gasteiger partial charge < -0.3 is 4.74 Å². The zero-order valence-electron chi connectivity index (χ0n) is 12.1. The van der Waals surface area contributed by atoms with Gasteiger partial charge in [-0.15, -0.1) is 0 Å². The van der Waals surface area contributed by atoms with Gasteiger partial charge >= 0.3 is 0 Å². The molecule has 2 rings (SSSR count). The van der Waals surface area contributed by atoms with Crippen molar-refractivity contribution in [2.75, 3.05) is 6.61 Å². The highest BCUT2D eigenvalue weighted by molar-refractivity contribution is 6.42. The van der Waals surface area contributed by atoms with Crippen LogP contribution < -0.4 is 4.74 Å². The summed E-state index contributed by atoms with van der Waals surface area (Å²) in [6, 6.07) is 9.41. The second-order valence-corrected chi connectivity index (χ2v) is 5.51.